The first-order valence-corrected chi connectivity index (χ1v) is 11.7. The van der Waals surface area contributed by atoms with Crippen LogP contribution >= 0.6 is 0 Å². The monoisotopic (exact) mass is 380 g/mol. The molecular formula is C27H37F. The smallest absolute Gasteiger partial charge is 0.123 e. The molecule has 1 unspecified atom stereocenters. The van der Waals surface area contributed by atoms with Crippen LogP contribution in [-0.2, 0) is 0 Å². The van der Waals surface area contributed by atoms with Gasteiger partial charge in [0.1, 0.15) is 5.82 Å². The zero-order chi connectivity index (χ0) is 19.6. The summed E-state index contributed by atoms with van der Waals surface area (Å²) in [6.45, 7) is 2.29. The lowest BCUT2D eigenvalue weighted by atomic mass is 9.70. The first-order chi connectivity index (χ1) is 13.7. The Hall–Kier alpha value is -1.55. The third-order valence-corrected chi connectivity index (χ3v) is 6.94. The Morgan fingerprint density at radius 1 is 0.857 bits per heavy atom. The van der Waals surface area contributed by atoms with Gasteiger partial charge in [-0.15, -0.1) is 0 Å². The minimum atomic E-state index is -0.198. The summed E-state index contributed by atoms with van der Waals surface area (Å²) in [6, 6.07) is 6.49. The van der Waals surface area contributed by atoms with Crippen LogP contribution in [0.4, 0.5) is 4.39 Å². The topological polar surface area (TPSA) is 0 Å². The fourth-order valence-electron chi connectivity index (χ4n) is 5.07. The third-order valence-electron chi connectivity index (χ3n) is 6.94. The minimum absolute atomic E-state index is 0.198. The van der Waals surface area contributed by atoms with Crippen LogP contribution in [0.25, 0.3) is 0 Å². The minimum Gasteiger partial charge on any atom is -0.207 e. The highest BCUT2D eigenvalue weighted by atomic mass is 19.1. The van der Waals surface area contributed by atoms with Crippen LogP contribution < -0.4 is 0 Å². The number of allylic oxidation sites excluding steroid dienone is 2. The maximum Gasteiger partial charge on any atom is 0.123 e. The quantitative estimate of drug-likeness (QED) is 0.331. The van der Waals surface area contributed by atoms with Crippen LogP contribution in [0.15, 0.2) is 35.9 Å². The lowest BCUT2D eigenvalue weighted by molar-refractivity contribution is 0.186. The van der Waals surface area contributed by atoms with E-state index in [0.717, 1.165) is 29.7 Å². The molecule has 0 N–H and O–H groups in total. The van der Waals surface area contributed by atoms with E-state index in [9.17, 15) is 4.39 Å². The molecule has 152 valence electrons. The van der Waals surface area contributed by atoms with E-state index in [1.807, 2.05) is 0 Å². The Kier molecular flexibility index (Phi) is 8.66. The van der Waals surface area contributed by atoms with Crippen molar-refractivity contribution in [3.8, 4) is 11.8 Å². The molecule has 0 heterocycles. The van der Waals surface area contributed by atoms with Crippen molar-refractivity contribution in [2.75, 3.05) is 0 Å². The highest BCUT2D eigenvalue weighted by Crippen LogP contribution is 2.40. The molecule has 0 nitrogen and oxygen atoms in total. The highest BCUT2D eigenvalue weighted by Gasteiger charge is 2.28. The summed E-state index contributed by atoms with van der Waals surface area (Å²) in [4.78, 5) is 0. The lowest BCUT2D eigenvalue weighted by Gasteiger charge is -2.35. The normalized spacial score (nSPS) is 24.9. The lowest BCUT2D eigenvalue weighted by Crippen LogP contribution is -2.23. The molecule has 1 heteroatoms. The number of hydrogen-bond donors (Lipinski definition) is 0. The van der Waals surface area contributed by atoms with Crippen molar-refractivity contribution < 1.29 is 4.39 Å². The van der Waals surface area contributed by atoms with Gasteiger partial charge in [0.15, 0.2) is 0 Å². The summed E-state index contributed by atoms with van der Waals surface area (Å²) >= 11 is 0. The van der Waals surface area contributed by atoms with Gasteiger partial charge in [0, 0.05) is 5.56 Å². The number of hydrogen-bond acceptors (Lipinski definition) is 0. The number of unbranched alkanes of at least 4 members (excludes halogenated alkanes) is 4. The van der Waals surface area contributed by atoms with Crippen LogP contribution in [0.1, 0.15) is 96.0 Å². The predicted octanol–water partition coefficient (Wildman–Crippen LogP) is 8.07. The summed E-state index contributed by atoms with van der Waals surface area (Å²) in [5.41, 5.74) is 2.18. The summed E-state index contributed by atoms with van der Waals surface area (Å²) in [5, 5.41) is 0. The van der Waals surface area contributed by atoms with Gasteiger partial charge in [-0.05, 0) is 79.7 Å². The average molecular weight is 381 g/mol. The standard InChI is InChI=1S/C27H37F/c1-2-3-4-5-6-7-22-10-16-25(17-11-22)26-18-12-23(13-19-26)8-9-24-14-20-27(28)21-15-24/h12,14-15,20-22,25-26H,2-7,10-11,13,16-19H2,1H3. The Morgan fingerprint density at radius 2 is 1.61 bits per heavy atom. The second-order valence-corrected chi connectivity index (χ2v) is 9.00. The van der Waals surface area contributed by atoms with Crippen molar-refractivity contribution in [3.63, 3.8) is 0 Å². The molecule has 0 spiro atoms. The van der Waals surface area contributed by atoms with E-state index in [1.54, 1.807) is 12.1 Å². The zero-order valence-electron chi connectivity index (χ0n) is 17.7. The highest BCUT2D eigenvalue weighted by molar-refractivity contribution is 5.41. The molecule has 0 saturated heterocycles. The van der Waals surface area contributed by atoms with E-state index in [-0.39, 0.29) is 5.82 Å². The van der Waals surface area contributed by atoms with Crippen molar-refractivity contribution in [2.45, 2.75) is 90.4 Å². The van der Waals surface area contributed by atoms with E-state index in [2.05, 4.69) is 24.8 Å². The molecule has 2 aliphatic carbocycles. The Bertz CT molecular complexity index is 664. The van der Waals surface area contributed by atoms with Gasteiger partial charge in [-0.2, -0.15) is 0 Å². The van der Waals surface area contributed by atoms with E-state index < -0.39 is 0 Å². The molecule has 1 saturated carbocycles. The first-order valence-electron chi connectivity index (χ1n) is 11.7. The molecule has 1 aromatic rings. The van der Waals surface area contributed by atoms with Crippen LogP contribution in [0.2, 0.25) is 0 Å². The van der Waals surface area contributed by atoms with Gasteiger partial charge in [0.2, 0.25) is 0 Å². The van der Waals surface area contributed by atoms with Crippen LogP contribution in [0, 0.1) is 35.4 Å². The van der Waals surface area contributed by atoms with Gasteiger partial charge in [-0.3, -0.25) is 0 Å². The predicted molar refractivity (Wildman–Crippen MR) is 118 cm³/mol. The van der Waals surface area contributed by atoms with E-state index in [0.29, 0.717) is 0 Å². The molecular weight excluding hydrogens is 343 g/mol. The molecule has 0 aromatic heterocycles. The molecule has 1 fully saturated rings. The largest absolute Gasteiger partial charge is 0.207 e. The molecule has 1 atom stereocenters. The van der Waals surface area contributed by atoms with Crippen molar-refractivity contribution in [3.05, 3.63) is 47.3 Å². The average Bonchev–Trinajstić information content (AvgIpc) is 2.74. The van der Waals surface area contributed by atoms with Crippen LogP contribution in [0.5, 0.6) is 0 Å². The fraction of sp³-hybridized carbons (Fsp3) is 0.630. The molecule has 28 heavy (non-hydrogen) atoms. The maximum absolute atomic E-state index is 13.0. The van der Waals surface area contributed by atoms with E-state index in [4.69, 9.17) is 0 Å². The summed E-state index contributed by atoms with van der Waals surface area (Å²) in [6.07, 6.45) is 20.4. The van der Waals surface area contributed by atoms with E-state index >= 15 is 0 Å². The van der Waals surface area contributed by atoms with E-state index in [1.165, 1.54) is 94.8 Å². The SMILES string of the molecule is CCCCCCCC1CCC(C2CC=C(C#Cc3ccc(F)cc3)CC2)CC1. The third kappa shape index (κ3) is 6.80. The number of halogens is 1. The Balaban J connectivity index is 1.38. The zero-order valence-corrected chi connectivity index (χ0v) is 17.7. The van der Waals surface area contributed by atoms with Gasteiger partial charge in [-0.25, -0.2) is 4.39 Å². The summed E-state index contributed by atoms with van der Waals surface area (Å²) < 4.78 is 13.0. The maximum atomic E-state index is 13.0. The molecule has 3 rings (SSSR count). The Labute approximate surface area is 172 Å². The number of rotatable bonds is 7. The van der Waals surface area contributed by atoms with Gasteiger partial charge in [0.25, 0.3) is 0 Å². The fourth-order valence-corrected chi connectivity index (χ4v) is 5.07. The van der Waals surface area contributed by atoms with Crippen molar-refractivity contribution in [2.24, 2.45) is 17.8 Å². The molecule has 1 aromatic carbocycles. The Morgan fingerprint density at radius 3 is 2.29 bits per heavy atom. The van der Waals surface area contributed by atoms with Gasteiger partial charge in [-0.1, -0.05) is 76.2 Å². The van der Waals surface area contributed by atoms with Crippen LogP contribution in [-0.4, -0.2) is 0 Å². The molecule has 0 amide bonds. The second-order valence-electron chi connectivity index (χ2n) is 9.00. The van der Waals surface area contributed by atoms with Crippen molar-refractivity contribution >= 4 is 0 Å². The van der Waals surface area contributed by atoms with Gasteiger partial charge >= 0.3 is 0 Å². The van der Waals surface area contributed by atoms with Crippen molar-refractivity contribution in [1.29, 1.82) is 0 Å². The number of benzene rings is 1. The molecule has 0 bridgehead atoms. The molecule has 0 aliphatic heterocycles. The second kappa shape index (κ2) is 11.5. The molecule has 2 aliphatic rings. The van der Waals surface area contributed by atoms with Crippen LogP contribution in [0.3, 0.4) is 0 Å². The van der Waals surface area contributed by atoms with Gasteiger partial charge in [0.05, 0.1) is 0 Å². The molecule has 0 radical (unpaired) electrons. The summed E-state index contributed by atoms with van der Waals surface area (Å²) in [5.74, 6) is 9.13. The van der Waals surface area contributed by atoms with Gasteiger partial charge < -0.3 is 0 Å². The van der Waals surface area contributed by atoms with Crippen molar-refractivity contribution in [1.82, 2.24) is 0 Å². The summed E-state index contributed by atoms with van der Waals surface area (Å²) in [7, 11) is 0. The first kappa shape index (κ1) is 21.2.